The van der Waals surface area contributed by atoms with Crippen molar-refractivity contribution in [1.82, 2.24) is 0 Å². The van der Waals surface area contributed by atoms with Crippen LogP contribution in [-0.4, -0.2) is 25.7 Å². The average molecular weight is 679 g/mol. The van der Waals surface area contributed by atoms with E-state index in [-0.39, 0.29) is 5.97 Å². The van der Waals surface area contributed by atoms with Gasteiger partial charge in [-0.1, -0.05) is 80.6 Å². The number of unbranched alkanes of at least 4 members (excludes halogenated alkanes) is 1. The summed E-state index contributed by atoms with van der Waals surface area (Å²) in [6.45, 7) is 18.3. The molecule has 0 aliphatic heterocycles. The molecule has 0 amide bonds. The van der Waals surface area contributed by atoms with Crippen LogP contribution in [0.4, 0.5) is 27.1 Å². The third-order valence-corrected chi connectivity index (χ3v) is 9.04. The summed E-state index contributed by atoms with van der Waals surface area (Å²) in [5.41, 5.74) is 27.6. The molecule has 0 spiro atoms. The van der Waals surface area contributed by atoms with Crippen molar-refractivity contribution in [1.29, 1.82) is 5.26 Å². The van der Waals surface area contributed by atoms with Crippen molar-refractivity contribution in [3.63, 3.8) is 0 Å². The van der Waals surface area contributed by atoms with Crippen LogP contribution in [0.2, 0.25) is 0 Å². The first-order chi connectivity index (χ1) is 22.9. The van der Waals surface area contributed by atoms with Gasteiger partial charge in [0.1, 0.15) is 11.1 Å². The molecule has 266 valence electrons. The highest BCUT2D eigenvalue weighted by atomic mass is 32.1. The third kappa shape index (κ3) is 15.8. The number of hydrogen-bond donors (Lipinski definition) is 4. The minimum Gasteiger partial charge on any atom is -0.462 e. The number of thiophene rings is 1. The van der Waals surface area contributed by atoms with Crippen LogP contribution in [0.5, 0.6) is 0 Å². The monoisotopic (exact) mass is 678 g/mol. The van der Waals surface area contributed by atoms with Crippen molar-refractivity contribution in [2.45, 2.75) is 99.8 Å². The fourth-order valence-corrected chi connectivity index (χ4v) is 5.86. The number of ether oxygens (including phenoxy) is 1. The first-order valence-electron chi connectivity index (χ1n) is 17.6. The van der Waals surface area contributed by atoms with Gasteiger partial charge < -0.3 is 32.6 Å². The molecular formula is C39H62N6O2S. The lowest BCUT2D eigenvalue weighted by Gasteiger charge is -2.33. The second kappa shape index (κ2) is 23.4. The van der Waals surface area contributed by atoms with Crippen molar-refractivity contribution in [3.8, 4) is 6.07 Å². The molecule has 0 saturated carbocycles. The smallest absolute Gasteiger partial charge is 0.338 e. The molecule has 8 nitrogen and oxygen atoms in total. The molecule has 8 N–H and O–H groups in total. The number of anilines is 5. The first-order valence-corrected chi connectivity index (χ1v) is 18.4. The highest BCUT2D eigenvalue weighted by molar-refractivity contribution is 7.19. The van der Waals surface area contributed by atoms with E-state index in [4.69, 9.17) is 32.9 Å². The van der Waals surface area contributed by atoms with Gasteiger partial charge in [-0.2, -0.15) is 5.26 Å². The minimum atomic E-state index is -0.293. The van der Waals surface area contributed by atoms with Crippen LogP contribution >= 0.6 is 11.3 Å². The van der Waals surface area contributed by atoms with Gasteiger partial charge in [0, 0.05) is 30.2 Å². The molecule has 9 heteroatoms. The number of benzene rings is 2. The summed E-state index contributed by atoms with van der Waals surface area (Å²) < 4.78 is 5.05. The lowest BCUT2D eigenvalue weighted by atomic mass is 9.95. The van der Waals surface area contributed by atoms with Gasteiger partial charge in [0.25, 0.3) is 0 Å². The minimum absolute atomic E-state index is 0.293. The fourth-order valence-electron chi connectivity index (χ4n) is 5.21. The summed E-state index contributed by atoms with van der Waals surface area (Å²) in [4.78, 5) is 14.1. The summed E-state index contributed by atoms with van der Waals surface area (Å²) >= 11 is 1.23. The summed E-state index contributed by atoms with van der Waals surface area (Å²) in [5.74, 6) is 1.64. The molecule has 0 aliphatic carbocycles. The standard InChI is InChI=1S/C23H42N2.C11H15NO2.C5H5N3S/c1-6-11-13-20(9-4)18-25(17-19(8-3)12-7-2)22-14-15-23(24)21(10-5)16-22;1-8(2)7-14-11(13)9-3-5-10(12)6-4-9;6-2-3-1-4(7)9-5(3)8/h14-16,19-20H,6-13,17-18,24H2,1-5H3;3-6,8H,7,12H2,1-2H3;1H,7-8H2. The number of aryl methyl sites for hydroxylation is 1. The van der Waals surface area contributed by atoms with Crippen molar-refractivity contribution < 1.29 is 9.53 Å². The molecule has 0 bridgehead atoms. The van der Waals surface area contributed by atoms with Crippen LogP contribution in [0.3, 0.4) is 0 Å². The Balaban J connectivity index is 0.000000415. The lowest BCUT2D eigenvalue weighted by molar-refractivity contribution is 0.0459. The molecule has 2 aromatic carbocycles. The van der Waals surface area contributed by atoms with Crippen LogP contribution in [0.15, 0.2) is 48.5 Å². The molecule has 3 aromatic rings. The maximum absolute atomic E-state index is 11.4. The summed E-state index contributed by atoms with van der Waals surface area (Å²) in [6, 6.07) is 16.9. The average Bonchev–Trinajstić information content (AvgIpc) is 3.42. The maximum atomic E-state index is 11.4. The van der Waals surface area contributed by atoms with E-state index >= 15 is 0 Å². The fraction of sp³-hybridized carbons (Fsp3) is 0.538. The van der Waals surface area contributed by atoms with E-state index in [0.717, 1.165) is 23.9 Å². The van der Waals surface area contributed by atoms with Gasteiger partial charge in [0.05, 0.1) is 22.7 Å². The van der Waals surface area contributed by atoms with Gasteiger partial charge in [-0.25, -0.2) is 4.79 Å². The number of hydrogen-bond acceptors (Lipinski definition) is 9. The normalized spacial score (nSPS) is 11.7. The summed E-state index contributed by atoms with van der Waals surface area (Å²) in [5, 5.41) is 9.44. The number of esters is 1. The number of nitriles is 1. The molecule has 0 fully saturated rings. The Bertz CT molecular complexity index is 1370. The number of carbonyl (C=O) groups excluding carboxylic acids is 1. The lowest BCUT2D eigenvalue weighted by Crippen LogP contribution is -2.34. The zero-order chi connectivity index (χ0) is 36.1. The highest BCUT2D eigenvalue weighted by Crippen LogP contribution is 2.27. The van der Waals surface area contributed by atoms with Crippen LogP contribution < -0.4 is 27.8 Å². The quantitative estimate of drug-likeness (QED) is 0.0861. The topological polar surface area (TPSA) is 157 Å². The predicted octanol–water partition coefficient (Wildman–Crippen LogP) is 9.55. The van der Waals surface area contributed by atoms with E-state index < -0.39 is 0 Å². The van der Waals surface area contributed by atoms with Crippen LogP contribution in [0, 0.1) is 29.1 Å². The van der Waals surface area contributed by atoms with Crippen molar-refractivity contribution in [2.24, 2.45) is 17.8 Å². The van der Waals surface area contributed by atoms with Crippen LogP contribution in [-0.2, 0) is 11.2 Å². The highest BCUT2D eigenvalue weighted by Gasteiger charge is 2.18. The second-order valence-corrected chi connectivity index (χ2v) is 13.9. The summed E-state index contributed by atoms with van der Waals surface area (Å²) in [6.07, 6.45) is 10.2. The Morgan fingerprint density at radius 1 is 0.875 bits per heavy atom. The van der Waals surface area contributed by atoms with E-state index in [1.807, 2.05) is 19.9 Å². The van der Waals surface area contributed by atoms with E-state index in [0.29, 0.717) is 39.3 Å². The Kier molecular flexibility index (Phi) is 20.6. The third-order valence-electron chi connectivity index (χ3n) is 8.24. The van der Waals surface area contributed by atoms with Crippen LogP contribution in [0.1, 0.15) is 115 Å². The number of nitrogens with two attached hydrogens (primary N) is 4. The van der Waals surface area contributed by atoms with Gasteiger partial charge in [-0.3, -0.25) is 0 Å². The molecule has 2 atom stereocenters. The van der Waals surface area contributed by atoms with E-state index in [2.05, 4.69) is 57.7 Å². The van der Waals surface area contributed by atoms with Crippen LogP contribution in [0.25, 0.3) is 0 Å². The molecule has 3 rings (SSSR count). The van der Waals surface area contributed by atoms with Gasteiger partial charge >= 0.3 is 5.97 Å². The maximum Gasteiger partial charge on any atom is 0.338 e. The molecule has 0 radical (unpaired) electrons. The Morgan fingerprint density at radius 2 is 1.50 bits per heavy atom. The molecule has 2 unspecified atom stereocenters. The zero-order valence-corrected chi connectivity index (χ0v) is 31.4. The summed E-state index contributed by atoms with van der Waals surface area (Å²) in [7, 11) is 0. The van der Waals surface area contributed by atoms with Gasteiger partial charge in [-0.05, 0) is 91.1 Å². The second-order valence-electron chi connectivity index (χ2n) is 12.8. The Labute approximate surface area is 294 Å². The van der Waals surface area contributed by atoms with Gasteiger partial charge in [0.15, 0.2) is 0 Å². The molecule has 1 heterocycles. The molecule has 0 saturated heterocycles. The number of carbonyl (C=O) groups is 1. The van der Waals surface area contributed by atoms with E-state index in [1.165, 1.54) is 80.6 Å². The van der Waals surface area contributed by atoms with E-state index in [9.17, 15) is 4.79 Å². The van der Waals surface area contributed by atoms with E-state index in [1.54, 1.807) is 30.3 Å². The predicted molar refractivity (Wildman–Crippen MR) is 208 cm³/mol. The zero-order valence-electron chi connectivity index (χ0n) is 30.6. The SMILES string of the molecule is CC(C)COC(=O)c1ccc(N)cc1.CCCCC(CC)CN(CC(CC)CCC)c1ccc(N)c(CC)c1.N#Cc1cc(N)sc1N. The van der Waals surface area contributed by atoms with Crippen molar-refractivity contribution >= 4 is 44.4 Å². The van der Waals surface area contributed by atoms with Gasteiger partial charge in [0.2, 0.25) is 0 Å². The molecule has 0 aliphatic rings. The largest absolute Gasteiger partial charge is 0.462 e. The van der Waals surface area contributed by atoms with Crippen molar-refractivity contribution in [3.05, 3.63) is 65.2 Å². The number of nitrogen functional groups attached to an aromatic ring is 4. The number of rotatable bonds is 16. The Hall–Kier alpha value is -3.90. The van der Waals surface area contributed by atoms with Gasteiger partial charge in [-0.15, -0.1) is 11.3 Å². The Morgan fingerprint density at radius 3 is 1.96 bits per heavy atom. The first kappa shape index (κ1) is 42.1. The molecular weight excluding hydrogens is 617 g/mol. The molecule has 1 aromatic heterocycles. The molecule has 48 heavy (non-hydrogen) atoms. The number of nitrogens with zero attached hydrogens (tertiary/aromatic N) is 2. The van der Waals surface area contributed by atoms with Crippen molar-refractivity contribution in [2.75, 3.05) is 47.5 Å².